The van der Waals surface area contributed by atoms with Crippen LogP contribution in [0.15, 0.2) is 48.1 Å². The van der Waals surface area contributed by atoms with Gasteiger partial charge in [-0.3, -0.25) is 4.40 Å². The van der Waals surface area contributed by atoms with Crippen molar-refractivity contribution >= 4 is 16.3 Å². The lowest BCUT2D eigenvalue weighted by molar-refractivity contribution is 0.140. The topological polar surface area (TPSA) is 37.5 Å². The smallest absolute Gasteiger partial charge is 0.193 e. The van der Waals surface area contributed by atoms with Gasteiger partial charge in [-0.15, -0.1) is 11.3 Å². The minimum absolute atomic E-state index is 0.163. The average Bonchev–Trinajstić information content (AvgIpc) is 3.01. The lowest BCUT2D eigenvalue weighted by Gasteiger charge is -2.21. The van der Waals surface area contributed by atoms with E-state index >= 15 is 0 Å². The number of rotatable bonds is 5. The Morgan fingerprint density at radius 1 is 1.30 bits per heavy atom. The Hall–Kier alpha value is -1.65. The molecule has 0 aliphatic heterocycles. The molecule has 2 unspecified atom stereocenters. The van der Waals surface area contributed by atoms with Crippen LogP contribution in [-0.2, 0) is 6.42 Å². The second-order valence-electron chi connectivity index (χ2n) is 5.02. The zero-order valence-corrected chi connectivity index (χ0v) is 12.3. The van der Waals surface area contributed by atoms with Crippen LogP contribution < -0.4 is 0 Å². The second-order valence-corrected chi connectivity index (χ2v) is 5.90. The van der Waals surface area contributed by atoms with Crippen LogP contribution in [0.4, 0.5) is 0 Å². The fraction of sp³-hybridized carbons (Fsp3) is 0.312. The van der Waals surface area contributed by atoms with Gasteiger partial charge in [0.2, 0.25) is 0 Å². The van der Waals surface area contributed by atoms with Gasteiger partial charge in [0.05, 0.1) is 11.8 Å². The summed E-state index contributed by atoms with van der Waals surface area (Å²) in [5, 5.41) is 12.5. The summed E-state index contributed by atoms with van der Waals surface area (Å²) in [4.78, 5) is 5.53. The third-order valence-corrected chi connectivity index (χ3v) is 4.46. The van der Waals surface area contributed by atoms with Crippen LogP contribution in [0.25, 0.3) is 4.96 Å². The fourth-order valence-corrected chi connectivity index (χ4v) is 3.38. The molecule has 0 amide bonds. The first-order valence-corrected chi connectivity index (χ1v) is 7.80. The van der Waals surface area contributed by atoms with Crippen molar-refractivity contribution in [3.63, 3.8) is 0 Å². The summed E-state index contributed by atoms with van der Waals surface area (Å²) in [7, 11) is 0. The Kier molecular flexibility index (Phi) is 3.85. The van der Waals surface area contributed by atoms with Crippen LogP contribution >= 0.6 is 11.3 Å². The minimum Gasteiger partial charge on any atom is -0.392 e. The average molecular weight is 286 g/mol. The number of imidazole rings is 1. The molecule has 4 heteroatoms. The van der Waals surface area contributed by atoms with Crippen molar-refractivity contribution in [3.8, 4) is 0 Å². The summed E-state index contributed by atoms with van der Waals surface area (Å²) in [6.45, 7) is 2.12. The maximum atomic E-state index is 10.5. The monoisotopic (exact) mass is 286 g/mol. The molecule has 2 atom stereocenters. The highest BCUT2D eigenvalue weighted by Crippen LogP contribution is 2.25. The number of aromatic nitrogens is 2. The number of hydrogen-bond donors (Lipinski definition) is 1. The molecule has 3 nitrogen and oxygen atoms in total. The largest absolute Gasteiger partial charge is 0.392 e. The molecule has 0 bridgehead atoms. The molecule has 3 rings (SSSR count). The van der Waals surface area contributed by atoms with Crippen molar-refractivity contribution in [2.24, 2.45) is 0 Å². The van der Waals surface area contributed by atoms with Crippen molar-refractivity contribution in [2.45, 2.75) is 31.8 Å². The van der Waals surface area contributed by atoms with Crippen molar-refractivity contribution in [1.82, 2.24) is 9.38 Å². The van der Waals surface area contributed by atoms with Gasteiger partial charge in [-0.25, -0.2) is 4.98 Å². The van der Waals surface area contributed by atoms with Gasteiger partial charge in [0.15, 0.2) is 4.96 Å². The molecule has 3 aromatic rings. The van der Waals surface area contributed by atoms with Gasteiger partial charge in [0.1, 0.15) is 0 Å². The lowest BCUT2D eigenvalue weighted by atomic mass is 9.89. The summed E-state index contributed by atoms with van der Waals surface area (Å²) in [6, 6.07) is 10.2. The number of hydrogen-bond acceptors (Lipinski definition) is 3. The number of aliphatic hydroxyl groups is 1. The van der Waals surface area contributed by atoms with E-state index in [1.54, 1.807) is 11.3 Å². The van der Waals surface area contributed by atoms with Crippen LogP contribution in [0.2, 0.25) is 0 Å². The van der Waals surface area contributed by atoms with Crippen LogP contribution in [0.1, 0.15) is 30.5 Å². The molecule has 0 fully saturated rings. The maximum Gasteiger partial charge on any atom is 0.193 e. The molecule has 0 aliphatic carbocycles. The highest BCUT2D eigenvalue weighted by molar-refractivity contribution is 7.15. The van der Waals surface area contributed by atoms with Crippen LogP contribution in [0, 0.1) is 0 Å². The van der Waals surface area contributed by atoms with Crippen molar-refractivity contribution < 1.29 is 5.11 Å². The Morgan fingerprint density at radius 3 is 2.80 bits per heavy atom. The van der Waals surface area contributed by atoms with Gasteiger partial charge in [-0.1, -0.05) is 37.3 Å². The second kappa shape index (κ2) is 5.77. The number of thiazole rings is 1. The standard InChI is InChI=1S/C16H18N2OS/c1-2-14(12-6-4-3-5-7-12)15(19)10-13-11-18-8-9-20-16(18)17-13/h3-9,11,14-15,19H,2,10H2,1H3. The minimum atomic E-state index is -0.396. The molecule has 20 heavy (non-hydrogen) atoms. The molecular formula is C16H18N2OS. The van der Waals surface area contributed by atoms with Gasteiger partial charge in [0.25, 0.3) is 0 Å². The molecule has 0 aliphatic rings. The van der Waals surface area contributed by atoms with E-state index in [9.17, 15) is 5.11 Å². The molecular weight excluding hydrogens is 268 g/mol. The number of aliphatic hydroxyl groups excluding tert-OH is 1. The first-order valence-electron chi connectivity index (χ1n) is 6.92. The highest BCUT2D eigenvalue weighted by atomic mass is 32.1. The zero-order chi connectivity index (χ0) is 13.9. The third kappa shape index (κ3) is 2.62. The SMILES string of the molecule is CCC(c1ccccc1)C(O)Cc1cn2ccsc2n1. The van der Waals surface area contributed by atoms with Gasteiger partial charge < -0.3 is 5.11 Å². The van der Waals surface area contributed by atoms with E-state index in [0.717, 1.165) is 17.1 Å². The molecule has 2 aromatic heterocycles. The normalized spacial score (nSPS) is 14.5. The van der Waals surface area contributed by atoms with Gasteiger partial charge >= 0.3 is 0 Å². The summed E-state index contributed by atoms with van der Waals surface area (Å²) >= 11 is 1.62. The molecule has 2 heterocycles. The van der Waals surface area contributed by atoms with Crippen LogP contribution in [0.5, 0.6) is 0 Å². The quantitative estimate of drug-likeness (QED) is 0.779. The Labute approximate surface area is 122 Å². The fourth-order valence-electron chi connectivity index (χ4n) is 2.66. The Bertz CT molecular complexity index is 645. The Balaban J connectivity index is 1.77. The molecule has 1 aromatic carbocycles. The first kappa shape index (κ1) is 13.3. The van der Waals surface area contributed by atoms with E-state index < -0.39 is 6.10 Å². The maximum absolute atomic E-state index is 10.5. The predicted octanol–water partition coefficient (Wildman–Crippen LogP) is 3.49. The third-order valence-electron chi connectivity index (χ3n) is 3.69. The van der Waals surface area contributed by atoms with Crippen molar-refractivity contribution in [2.75, 3.05) is 0 Å². The van der Waals surface area contributed by atoms with E-state index in [1.165, 1.54) is 5.56 Å². The predicted molar refractivity (Wildman–Crippen MR) is 82.3 cm³/mol. The molecule has 0 spiro atoms. The van der Waals surface area contributed by atoms with Crippen LogP contribution in [-0.4, -0.2) is 20.6 Å². The summed E-state index contributed by atoms with van der Waals surface area (Å²) < 4.78 is 2.01. The van der Waals surface area contributed by atoms with Crippen molar-refractivity contribution in [1.29, 1.82) is 0 Å². The summed E-state index contributed by atoms with van der Waals surface area (Å²) in [6.07, 6.45) is 5.13. The number of benzene rings is 1. The van der Waals surface area contributed by atoms with E-state index in [4.69, 9.17) is 0 Å². The number of nitrogens with zero attached hydrogens (tertiary/aromatic N) is 2. The first-order chi connectivity index (χ1) is 9.78. The Morgan fingerprint density at radius 2 is 2.10 bits per heavy atom. The van der Waals surface area contributed by atoms with E-state index in [1.807, 2.05) is 40.4 Å². The van der Waals surface area contributed by atoms with E-state index in [0.29, 0.717) is 6.42 Å². The number of fused-ring (bicyclic) bond motifs is 1. The molecule has 1 N–H and O–H groups in total. The lowest BCUT2D eigenvalue weighted by Crippen LogP contribution is -2.20. The zero-order valence-electron chi connectivity index (χ0n) is 11.4. The summed E-state index contributed by atoms with van der Waals surface area (Å²) in [5.74, 6) is 0.163. The van der Waals surface area contributed by atoms with Gasteiger partial charge in [-0.05, 0) is 12.0 Å². The highest BCUT2D eigenvalue weighted by Gasteiger charge is 2.20. The van der Waals surface area contributed by atoms with Crippen molar-refractivity contribution in [3.05, 3.63) is 59.4 Å². The molecule has 0 radical (unpaired) electrons. The van der Waals surface area contributed by atoms with E-state index in [2.05, 4.69) is 24.0 Å². The van der Waals surface area contributed by atoms with Crippen LogP contribution in [0.3, 0.4) is 0 Å². The summed E-state index contributed by atoms with van der Waals surface area (Å²) in [5.41, 5.74) is 2.15. The molecule has 0 saturated carbocycles. The van der Waals surface area contributed by atoms with E-state index in [-0.39, 0.29) is 5.92 Å². The molecule has 104 valence electrons. The van der Waals surface area contributed by atoms with Gasteiger partial charge in [-0.2, -0.15) is 0 Å². The molecule has 0 saturated heterocycles. The van der Waals surface area contributed by atoms with Gasteiger partial charge in [0, 0.05) is 30.1 Å².